The molecule has 5 heteroatoms. The molecule has 0 amide bonds. The Bertz CT molecular complexity index is 154. The molecule has 0 saturated heterocycles. The van der Waals surface area contributed by atoms with Crippen molar-refractivity contribution in [2.75, 3.05) is 0 Å². The van der Waals surface area contributed by atoms with Crippen LogP contribution in [0.5, 0.6) is 0 Å². The molecule has 0 aromatic rings. The fourth-order valence-electron chi connectivity index (χ4n) is 0.806. The summed E-state index contributed by atoms with van der Waals surface area (Å²) in [6, 6.07) is 0. The van der Waals surface area contributed by atoms with Crippen LogP contribution in [-0.4, -0.2) is 33.9 Å². The van der Waals surface area contributed by atoms with E-state index < -0.39 is 18.2 Å². The van der Waals surface area contributed by atoms with Crippen molar-refractivity contribution in [2.24, 2.45) is 5.92 Å². The summed E-state index contributed by atoms with van der Waals surface area (Å²) in [4.78, 5) is 20.4. The van der Waals surface area contributed by atoms with Crippen molar-refractivity contribution in [1.29, 1.82) is 0 Å². The normalized spacial score (nSPS) is 12.9. The minimum atomic E-state index is -1.47. The summed E-state index contributed by atoms with van der Waals surface area (Å²) in [5.41, 5.74) is 0. The minimum absolute atomic E-state index is 0.0245. The van der Waals surface area contributed by atoms with Gasteiger partial charge in [0, 0.05) is 5.92 Å². The number of aliphatic carboxylic acids is 1. The monoisotopic (exact) mass is 176 g/mol. The highest BCUT2D eigenvalue weighted by molar-refractivity contribution is 5.71. The van der Waals surface area contributed by atoms with E-state index in [9.17, 15) is 9.59 Å². The second kappa shape index (κ2) is 5.68. The third-order valence-electron chi connectivity index (χ3n) is 1.42. The number of carboxylic acids is 1. The van der Waals surface area contributed by atoms with E-state index in [4.69, 9.17) is 15.3 Å². The smallest absolute Gasteiger partial charge is 0.304 e. The highest BCUT2D eigenvalue weighted by atomic mass is 16.5. The van der Waals surface area contributed by atoms with Gasteiger partial charge in [-0.15, -0.1) is 0 Å². The van der Waals surface area contributed by atoms with E-state index in [0.717, 1.165) is 0 Å². The minimum Gasteiger partial charge on any atom is -0.481 e. The molecule has 0 aromatic heterocycles. The van der Waals surface area contributed by atoms with Crippen molar-refractivity contribution < 1.29 is 24.9 Å². The zero-order chi connectivity index (χ0) is 9.56. The number of aliphatic hydroxyl groups excluding tert-OH is 1. The van der Waals surface area contributed by atoms with Crippen molar-refractivity contribution >= 4 is 12.3 Å². The van der Waals surface area contributed by atoms with Gasteiger partial charge in [-0.05, 0) is 12.8 Å². The third kappa shape index (κ3) is 5.82. The van der Waals surface area contributed by atoms with Crippen LogP contribution in [0.15, 0.2) is 0 Å². The molecular weight excluding hydrogens is 164 g/mol. The van der Waals surface area contributed by atoms with Crippen molar-refractivity contribution in [2.45, 2.75) is 25.6 Å². The van der Waals surface area contributed by atoms with E-state index in [1.165, 1.54) is 0 Å². The molecule has 0 bridgehead atoms. The standard InChI is InChI=1S/C7H12O5/c8-4-5(3-7(11)12)1-2-6(9)10/h4-6,9-10H,1-3H2,(H,11,12). The highest BCUT2D eigenvalue weighted by Crippen LogP contribution is 2.09. The molecule has 1 atom stereocenters. The first-order valence-electron chi connectivity index (χ1n) is 3.59. The van der Waals surface area contributed by atoms with E-state index in [0.29, 0.717) is 6.29 Å². The number of rotatable bonds is 6. The molecule has 0 fully saturated rings. The Hall–Kier alpha value is -0.940. The van der Waals surface area contributed by atoms with Crippen molar-refractivity contribution in [3.63, 3.8) is 0 Å². The summed E-state index contributed by atoms with van der Waals surface area (Å²) >= 11 is 0. The van der Waals surface area contributed by atoms with Crippen LogP contribution in [0.4, 0.5) is 0 Å². The number of carboxylic acid groups (broad SMARTS) is 1. The fraction of sp³-hybridized carbons (Fsp3) is 0.714. The van der Waals surface area contributed by atoms with E-state index in [2.05, 4.69) is 0 Å². The fourth-order valence-corrected chi connectivity index (χ4v) is 0.806. The number of aldehydes is 1. The molecular formula is C7H12O5. The SMILES string of the molecule is O=CC(CCC(O)O)CC(=O)O. The van der Waals surface area contributed by atoms with Gasteiger partial charge in [0.05, 0.1) is 6.42 Å². The summed E-state index contributed by atoms with van der Waals surface area (Å²) in [5.74, 6) is -1.68. The maximum absolute atomic E-state index is 10.2. The average molecular weight is 176 g/mol. The van der Waals surface area contributed by atoms with E-state index >= 15 is 0 Å². The highest BCUT2D eigenvalue weighted by Gasteiger charge is 2.13. The van der Waals surface area contributed by atoms with Gasteiger partial charge in [-0.1, -0.05) is 0 Å². The molecule has 70 valence electrons. The van der Waals surface area contributed by atoms with Crippen LogP contribution in [-0.2, 0) is 9.59 Å². The maximum atomic E-state index is 10.2. The van der Waals surface area contributed by atoms with Gasteiger partial charge in [0.2, 0.25) is 0 Å². The van der Waals surface area contributed by atoms with Crippen LogP contribution in [0.2, 0.25) is 0 Å². The Morgan fingerprint density at radius 2 is 1.92 bits per heavy atom. The molecule has 0 rings (SSSR count). The largest absolute Gasteiger partial charge is 0.481 e. The zero-order valence-electron chi connectivity index (χ0n) is 6.51. The predicted octanol–water partition coefficient (Wildman–Crippen LogP) is -0.633. The molecule has 0 aliphatic heterocycles. The number of carbonyl (C=O) groups is 2. The molecule has 0 aliphatic carbocycles. The van der Waals surface area contributed by atoms with Crippen LogP contribution < -0.4 is 0 Å². The van der Waals surface area contributed by atoms with Gasteiger partial charge in [-0.25, -0.2) is 0 Å². The predicted molar refractivity (Wildman–Crippen MR) is 39.3 cm³/mol. The van der Waals surface area contributed by atoms with Crippen molar-refractivity contribution in [1.82, 2.24) is 0 Å². The lowest BCUT2D eigenvalue weighted by Crippen LogP contribution is -2.13. The van der Waals surface area contributed by atoms with Gasteiger partial charge in [0.15, 0.2) is 6.29 Å². The number of hydrogen-bond acceptors (Lipinski definition) is 4. The quantitative estimate of drug-likeness (QED) is 0.370. The van der Waals surface area contributed by atoms with Crippen molar-refractivity contribution in [3.8, 4) is 0 Å². The molecule has 0 aliphatic rings. The molecule has 0 saturated carbocycles. The van der Waals surface area contributed by atoms with Gasteiger partial charge >= 0.3 is 5.97 Å². The van der Waals surface area contributed by atoms with E-state index in [1.54, 1.807) is 0 Å². The second-order valence-electron chi connectivity index (χ2n) is 2.55. The number of aliphatic hydroxyl groups is 2. The van der Waals surface area contributed by atoms with Gasteiger partial charge < -0.3 is 20.1 Å². The van der Waals surface area contributed by atoms with Crippen LogP contribution in [0.3, 0.4) is 0 Å². The van der Waals surface area contributed by atoms with E-state index in [1.807, 2.05) is 0 Å². The Balaban J connectivity index is 3.67. The Kier molecular flexibility index (Phi) is 5.23. The lowest BCUT2D eigenvalue weighted by Gasteiger charge is -2.07. The number of carbonyl (C=O) groups excluding carboxylic acids is 1. The zero-order valence-corrected chi connectivity index (χ0v) is 6.51. The number of hydrogen-bond donors (Lipinski definition) is 3. The first kappa shape index (κ1) is 11.1. The summed E-state index contributed by atoms with van der Waals surface area (Å²) in [6.45, 7) is 0. The summed E-state index contributed by atoms with van der Waals surface area (Å²) < 4.78 is 0. The molecule has 5 nitrogen and oxygen atoms in total. The average Bonchev–Trinajstić information content (AvgIpc) is 1.97. The van der Waals surface area contributed by atoms with Crippen molar-refractivity contribution in [3.05, 3.63) is 0 Å². The molecule has 0 heterocycles. The summed E-state index contributed by atoms with van der Waals surface area (Å²) in [7, 11) is 0. The lowest BCUT2D eigenvalue weighted by molar-refractivity contribution is -0.139. The van der Waals surface area contributed by atoms with E-state index in [-0.39, 0.29) is 19.3 Å². The molecule has 0 radical (unpaired) electrons. The summed E-state index contributed by atoms with van der Waals surface area (Å²) in [5, 5.41) is 25.1. The van der Waals surface area contributed by atoms with Crippen LogP contribution in [0.1, 0.15) is 19.3 Å². The maximum Gasteiger partial charge on any atom is 0.304 e. The topological polar surface area (TPSA) is 94.8 Å². The first-order valence-corrected chi connectivity index (χ1v) is 3.59. The summed E-state index contributed by atoms with van der Waals surface area (Å²) in [6.07, 6.45) is -0.988. The van der Waals surface area contributed by atoms with Gasteiger partial charge in [0.1, 0.15) is 6.29 Å². The lowest BCUT2D eigenvalue weighted by atomic mass is 10.0. The molecule has 12 heavy (non-hydrogen) atoms. The van der Waals surface area contributed by atoms with Crippen LogP contribution in [0, 0.1) is 5.92 Å². The van der Waals surface area contributed by atoms with Gasteiger partial charge in [-0.2, -0.15) is 0 Å². The first-order chi connectivity index (χ1) is 5.56. The van der Waals surface area contributed by atoms with Gasteiger partial charge in [0.25, 0.3) is 0 Å². The Morgan fingerprint density at radius 3 is 2.25 bits per heavy atom. The Labute approximate surface area is 69.6 Å². The Morgan fingerprint density at radius 1 is 1.33 bits per heavy atom. The molecule has 0 aromatic carbocycles. The van der Waals surface area contributed by atoms with Gasteiger partial charge in [-0.3, -0.25) is 4.79 Å². The second-order valence-corrected chi connectivity index (χ2v) is 2.55. The van der Waals surface area contributed by atoms with Crippen LogP contribution in [0.25, 0.3) is 0 Å². The molecule has 1 unspecified atom stereocenters. The third-order valence-corrected chi connectivity index (χ3v) is 1.42. The molecule has 0 spiro atoms. The molecule has 3 N–H and O–H groups in total. The van der Waals surface area contributed by atoms with Crippen LogP contribution >= 0.6 is 0 Å².